The highest BCUT2D eigenvalue weighted by Gasteiger charge is 2.25. The standard InChI is InChI=1S/C28H32N4O/c1-5-21(17-20-10-7-6-8-11-20)29-27-24-12-9-13-25(24)30-28-26(19(3)31-32(27)28)23-15-14-22(33-4)16-18(23)2/h6-8,10-11,14-16,21,29H,5,9,12-13,17H2,1-4H3. The number of aromatic nitrogens is 3. The van der Waals surface area contributed by atoms with Gasteiger partial charge in [-0.15, -0.1) is 0 Å². The zero-order valence-electron chi connectivity index (χ0n) is 20.0. The predicted molar refractivity (Wildman–Crippen MR) is 134 cm³/mol. The number of rotatable bonds is 7. The Labute approximate surface area is 195 Å². The van der Waals surface area contributed by atoms with Crippen molar-refractivity contribution in [2.75, 3.05) is 12.4 Å². The average Bonchev–Trinajstić information content (AvgIpc) is 3.43. The second kappa shape index (κ2) is 8.89. The Morgan fingerprint density at radius 1 is 1.09 bits per heavy atom. The maximum atomic E-state index is 5.42. The third-order valence-electron chi connectivity index (χ3n) is 6.82. The quantitative estimate of drug-likeness (QED) is 0.386. The van der Waals surface area contributed by atoms with Crippen LogP contribution in [0.5, 0.6) is 5.75 Å². The van der Waals surface area contributed by atoms with Gasteiger partial charge in [0.05, 0.1) is 12.8 Å². The Morgan fingerprint density at radius 3 is 2.64 bits per heavy atom. The predicted octanol–water partition coefficient (Wildman–Crippen LogP) is 5.94. The smallest absolute Gasteiger partial charge is 0.165 e. The van der Waals surface area contributed by atoms with Crippen molar-refractivity contribution < 1.29 is 4.74 Å². The molecule has 0 bridgehead atoms. The summed E-state index contributed by atoms with van der Waals surface area (Å²) in [4.78, 5) is 5.14. The van der Waals surface area contributed by atoms with Gasteiger partial charge in [-0.05, 0) is 74.8 Å². The van der Waals surface area contributed by atoms with E-state index in [4.69, 9.17) is 14.8 Å². The van der Waals surface area contributed by atoms with Crippen molar-refractivity contribution in [3.8, 4) is 16.9 Å². The highest BCUT2D eigenvalue weighted by Crippen LogP contribution is 2.36. The lowest BCUT2D eigenvalue weighted by Crippen LogP contribution is -2.24. The summed E-state index contributed by atoms with van der Waals surface area (Å²) in [5.74, 6) is 1.99. The van der Waals surface area contributed by atoms with Crippen LogP contribution in [0.4, 0.5) is 5.82 Å². The molecule has 1 atom stereocenters. The minimum atomic E-state index is 0.332. The second-order valence-corrected chi connectivity index (χ2v) is 9.06. The Kier molecular flexibility index (Phi) is 5.79. The summed E-state index contributed by atoms with van der Waals surface area (Å²) in [6.07, 6.45) is 5.26. The Hall–Kier alpha value is -3.34. The summed E-state index contributed by atoms with van der Waals surface area (Å²) in [7, 11) is 1.71. The van der Waals surface area contributed by atoms with E-state index in [9.17, 15) is 0 Å². The molecule has 4 aromatic rings. The van der Waals surface area contributed by atoms with Gasteiger partial charge in [-0.2, -0.15) is 9.61 Å². The molecule has 5 nitrogen and oxygen atoms in total. The number of benzene rings is 2. The van der Waals surface area contributed by atoms with Crippen LogP contribution in [0.1, 0.15) is 47.8 Å². The van der Waals surface area contributed by atoms with Gasteiger partial charge in [0.15, 0.2) is 5.65 Å². The molecule has 0 saturated carbocycles. The number of anilines is 1. The highest BCUT2D eigenvalue weighted by atomic mass is 16.5. The number of nitrogens with zero attached hydrogens (tertiary/aromatic N) is 3. The largest absolute Gasteiger partial charge is 0.497 e. The van der Waals surface area contributed by atoms with Gasteiger partial charge >= 0.3 is 0 Å². The van der Waals surface area contributed by atoms with Gasteiger partial charge < -0.3 is 10.1 Å². The van der Waals surface area contributed by atoms with E-state index in [1.165, 1.54) is 22.4 Å². The summed E-state index contributed by atoms with van der Waals surface area (Å²) in [5.41, 5.74) is 9.28. The highest BCUT2D eigenvalue weighted by molar-refractivity contribution is 5.83. The first-order chi connectivity index (χ1) is 16.1. The fourth-order valence-electron chi connectivity index (χ4n) is 5.03. The summed E-state index contributed by atoms with van der Waals surface area (Å²) in [6, 6.07) is 17.3. The number of methoxy groups -OCH3 is 1. The van der Waals surface area contributed by atoms with E-state index < -0.39 is 0 Å². The SMILES string of the molecule is CCC(Cc1ccccc1)Nc1c2c(nc3c(-c4ccc(OC)cc4C)c(C)nn13)CCC2. The molecule has 2 aromatic heterocycles. The molecule has 2 heterocycles. The average molecular weight is 441 g/mol. The molecular weight excluding hydrogens is 408 g/mol. The second-order valence-electron chi connectivity index (χ2n) is 9.06. The normalized spacial score (nSPS) is 13.8. The maximum Gasteiger partial charge on any atom is 0.165 e. The maximum absolute atomic E-state index is 5.42. The molecule has 0 spiro atoms. The Morgan fingerprint density at radius 2 is 1.91 bits per heavy atom. The van der Waals surface area contributed by atoms with Crippen LogP contribution in [0, 0.1) is 13.8 Å². The van der Waals surface area contributed by atoms with Gasteiger partial charge in [-0.25, -0.2) is 4.98 Å². The van der Waals surface area contributed by atoms with Crippen LogP contribution < -0.4 is 10.1 Å². The molecule has 1 aliphatic rings. The zero-order valence-corrected chi connectivity index (χ0v) is 20.0. The molecule has 0 saturated heterocycles. The van der Waals surface area contributed by atoms with E-state index in [2.05, 4.69) is 73.1 Å². The number of aryl methyl sites for hydroxylation is 3. The van der Waals surface area contributed by atoms with Crippen LogP contribution in [0.15, 0.2) is 48.5 Å². The van der Waals surface area contributed by atoms with Crippen LogP contribution in [0.2, 0.25) is 0 Å². The van der Waals surface area contributed by atoms with E-state index in [0.717, 1.165) is 66.1 Å². The first-order valence-electron chi connectivity index (χ1n) is 12.0. The van der Waals surface area contributed by atoms with Crippen molar-refractivity contribution in [3.63, 3.8) is 0 Å². The van der Waals surface area contributed by atoms with Crippen molar-refractivity contribution in [2.45, 2.75) is 58.9 Å². The molecule has 170 valence electrons. The van der Waals surface area contributed by atoms with Crippen LogP contribution in [-0.2, 0) is 19.3 Å². The molecule has 0 radical (unpaired) electrons. The van der Waals surface area contributed by atoms with E-state index >= 15 is 0 Å². The lowest BCUT2D eigenvalue weighted by molar-refractivity contribution is 0.414. The Balaban J connectivity index is 1.61. The van der Waals surface area contributed by atoms with Crippen molar-refractivity contribution >= 4 is 11.5 Å². The van der Waals surface area contributed by atoms with Gasteiger partial charge in [0.2, 0.25) is 0 Å². The van der Waals surface area contributed by atoms with Crippen LogP contribution in [0.25, 0.3) is 16.8 Å². The van der Waals surface area contributed by atoms with Gasteiger partial charge in [-0.3, -0.25) is 0 Å². The van der Waals surface area contributed by atoms with Gasteiger partial charge in [0, 0.05) is 22.9 Å². The third kappa shape index (κ3) is 3.97. The minimum absolute atomic E-state index is 0.332. The monoisotopic (exact) mass is 440 g/mol. The number of hydrogen-bond acceptors (Lipinski definition) is 4. The minimum Gasteiger partial charge on any atom is -0.497 e. The summed E-state index contributed by atoms with van der Waals surface area (Å²) >= 11 is 0. The number of nitrogens with one attached hydrogen (secondary N) is 1. The number of ether oxygens (including phenoxy) is 1. The first kappa shape index (κ1) is 21.5. The fraction of sp³-hybridized carbons (Fsp3) is 0.357. The van der Waals surface area contributed by atoms with Crippen LogP contribution in [-0.4, -0.2) is 27.7 Å². The van der Waals surface area contributed by atoms with E-state index in [1.807, 2.05) is 6.07 Å². The molecule has 1 aliphatic carbocycles. The van der Waals surface area contributed by atoms with Crippen molar-refractivity contribution in [1.29, 1.82) is 0 Å². The van der Waals surface area contributed by atoms with Gasteiger partial charge in [0.1, 0.15) is 11.6 Å². The van der Waals surface area contributed by atoms with Gasteiger partial charge in [-0.1, -0.05) is 43.3 Å². The lowest BCUT2D eigenvalue weighted by Gasteiger charge is -2.21. The molecule has 0 fully saturated rings. The fourth-order valence-corrected chi connectivity index (χ4v) is 5.03. The Bertz CT molecular complexity index is 1290. The molecule has 1 unspecified atom stereocenters. The zero-order chi connectivity index (χ0) is 22.9. The van der Waals surface area contributed by atoms with Crippen LogP contribution >= 0.6 is 0 Å². The van der Waals surface area contributed by atoms with Crippen molar-refractivity contribution in [2.24, 2.45) is 0 Å². The molecule has 1 N–H and O–H groups in total. The molecule has 5 heteroatoms. The van der Waals surface area contributed by atoms with Gasteiger partial charge in [0.25, 0.3) is 0 Å². The number of fused-ring (bicyclic) bond motifs is 2. The lowest BCUT2D eigenvalue weighted by atomic mass is 10.0. The molecule has 0 amide bonds. The van der Waals surface area contributed by atoms with E-state index in [-0.39, 0.29) is 0 Å². The first-order valence-corrected chi connectivity index (χ1v) is 12.0. The van der Waals surface area contributed by atoms with Crippen LogP contribution in [0.3, 0.4) is 0 Å². The summed E-state index contributed by atoms with van der Waals surface area (Å²) < 4.78 is 7.48. The van der Waals surface area contributed by atoms with E-state index in [1.54, 1.807) is 7.11 Å². The van der Waals surface area contributed by atoms with Crippen molar-refractivity contribution in [3.05, 3.63) is 76.6 Å². The number of hydrogen-bond donors (Lipinski definition) is 1. The molecular formula is C28H32N4O. The molecule has 0 aliphatic heterocycles. The summed E-state index contributed by atoms with van der Waals surface area (Å²) in [6.45, 7) is 6.46. The topological polar surface area (TPSA) is 51.5 Å². The molecule has 33 heavy (non-hydrogen) atoms. The third-order valence-corrected chi connectivity index (χ3v) is 6.82. The molecule has 5 rings (SSSR count). The molecule has 2 aromatic carbocycles. The van der Waals surface area contributed by atoms with Crippen molar-refractivity contribution in [1.82, 2.24) is 14.6 Å². The summed E-state index contributed by atoms with van der Waals surface area (Å²) in [5, 5.41) is 8.89. The van der Waals surface area contributed by atoms with E-state index in [0.29, 0.717) is 6.04 Å².